The van der Waals surface area contributed by atoms with Gasteiger partial charge in [-0.3, -0.25) is 14.7 Å². The average Bonchev–Trinajstić information content (AvgIpc) is 1.59. The van der Waals surface area contributed by atoms with E-state index in [1.807, 2.05) is 0 Å². The zero-order chi connectivity index (χ0) is 8.20. The summed E-state index contributed by atoms with van der Waals surface area (Å²) < 4.78 is 28.0. The van der Waals surface area contributed by atoms with Crippen LogP contribution in [0.15, 0.2) is 0 Å². The van der Waals surface area contributed by atoms with Gasteiger partial charge in [-0.2, -0.15) is 8.42 Å². The fourth-order valence-electron chi connectivity index (χ4n) is 0.376. The minimum Gasteiger partial charge on any atom is -0.286 e. The smallest absolute Gasteiger partial charge is 0.265 e. The summed E-state index contributed by atoms with van der Waals surface area (Å²) in [6.07, 6.45) is -0.147. The fraction of sp³-hybridized carbons (Fsp3) is 1.00. The summed E-state index contributed by atoms with van der Waals surface area (Å²) in [6, 6.07) is 0. The molecule has 0 aliphatic heterocycles. The van der Waals surface area contributed by atoms with Crippen LogP contribution in [0.1, 0.15) is 6.42 Å². The van der Waals surface area contributed by atoms with Gasteiger partial charge in [0.25, 0.3) is 10.1 Å². The molecule has 0 saturated heterocycles. The predicted octanol–water partition coefficient (Wildman–Crippen LogP) is -0.459. The normalized spacial score (nSPS) is 11.3. The zero-order valence-corrected chi connectivity index (χ0v) is 5.87. The van der Waals surface area contributed by atoms with Crippen LogP contribution in [-0.2, 0) is 10.1 Å². The molecule has 0 unspecified atom stereocenters. The summed E-state index contributed by atoms with van der Waals surface area (Å²) in [4.78, 5) is 8.98. The van der Waals surface area contributed by atoms with Crippen molar-refractivity contribution in [2.24, 2.45) is 0 Å². The highest BCUT2D eigenvalue weighted by Crippen LogP contribution is 1.87. The molecule has 0 aromatic carbocycles. The minimum atomic E-state index is -4.02. The largest absolute Gasteiger partial charge is 0.286 e. The van der Waals surface area contributed by atoms with Crippen LogP contribution in [0.2, 0.25) is 0 Å². The third kappa shape index (κ3) is 7.31. The number of hydrogen-bond acceptors (Lipinski definition) is 4. The highest BCUT2D eigenvalue weighted by Gasteiger charge is 2.06. The van der Waals surface area contributed by atoms with Gasteiger partial charge in [0.2, 0.25) is 6.54 Å². The molecule has 0 atom stereocenters. The van der Waals surface area contributed by atoms with Gasteiger partial charge in [-0.1, -0.05) is 0 Å². The van der Waals surface area contributed by atoms with E-state index in [-0.39, 0.29) is 6.42 Å². The first-order chi connectivity index (χ1) is 4.42. The number of nitrogens with zero attached hydrogens (tertiary/aromatic N) is 1. The molecule has 60 valence electrons. The van der Waals surface area contributed by atoms with Crippen molar-refractivity contribution < 1.29 is 17.9 Å². The van der Waals surface area contributed by atoms with Gasteiger partial charge < -0.3 is 0 Å². The third-order valence-corrected chi connectivity index (χ3v) is 1.55. The second kappa shape index (κ2) is 3.47. The van der Waals surface area contributed by atoms with Gasteiger partial charge in [0.1, 0.15) is 0 Å². The van der Waals surface area contributed by atoms with Gasteiger partial charge in [0, 0.05) is 11.3 Å². The molecule has 0 spiro atoms. The second-order valence-corrected chi connectivity index (χ2v) is 3.27. The van der Waals surface area contributed by atoms with Crippen molar-refractivity contribution in [1.29, 1.82) is 0 Å². The molecule has 0 rings (SSSR count). The summed E-state index contributed by atoms with van der Waals surface area (Å²) in [6.45, 7) is -0.431. The van der Waals surface area contributed by atoms with Gasteiger partial charge in [-0.25, -0.2) is 0 Å². The lowest BCUT2D eigenvalue weighted by molar-refractivity contribution is -0.479. The van der Waals surface area contributed by atoms with E-state index in [4.69, 9.17) is 4.55 Å². The summed E-state index contributed by atoms with van der Waals surface area (Å²) in [5, 5.41) is 9.61. The maximum absolute atomic E-state index is 9.95. The molecule has 10 heavy (non-hydrogen) atoms. The predicted molar refractivity (Wildman–Crippen MR) is 32.9 cm³/mol. The quantitative estimate of drug-likeness (QED) is 0.349. The molecule has 0 heterocycles. The molecule has 0 radical (unpaired) electrons. The summed E-state index contributed by atoms with van der Waals surface area (Å²) in [7, 11) is -4.02. The van der Waals surface area contributed by atoms with Crippen molar-refractivity contribution in [2.45, 2.75) is 6.42 Å². The Labute approximate surface area is 57.8 Å². The Bertz CT molecular complexity index is 207. The van der Waals surface area contributed by atoms with Crippen LogP contribution in [0.5, 0.6) is 0 Å². The van der Waals surface area contributed by atoms with Gasteiger partial charge in [-0.05, 0) is 0 Å². The van der Waals surface area contributed by atoms with Crippen molar-refractivity contribution in [1.82, 2.24) is 0 Å². The Balaban J connectivity index is 3.49. The van der Waals surface area contributed by atoms with E-state index in [9.17, 15) is 18.5 Å². The van der Waals surface area contributed by atoms with Crippen LogP contribution in [0.25, 0.3) is 0 Å². The van der Waals surface area contributed by atoms with E-state index in [0.29, 0.717) is 0 Å². The molecule has 7 heteroatoms. The molecule has 0 fully saturated rings. The maximum atomic E-state index is 9.95. The third-order valence-electron chi connectivity index (χ3n) is 0.743. The summed E-state index contributed by atoms with van der Waals surface area (Å²) >= 11 is 0. The highest BCUT2D eigenvalue weighted by molar-refractivity contribution is 7.85. The lowest BCUT2D eigenvalue weighted by Gasteiger charge is -1.91. The molecule has 0 aromatic rings. The Kier molecular flexibility index (Phi) is 3.23. The van der Waals surface area contributed by atoms with Gasteiger partial charge in [0.05, 0.1) is 5.75 Å². The highest BCUT2D eigenvalue weighted by atomic mass is 32.2. The topological polar surface area (TPSA) is 97.5 Å². The van der Waals surface area contributed by atoms with Crippen LogP contribution in [0.4, 0.5) is 0 Å². The maximum Gasteiger partial charge on any atom is 0.265 e. The number of hydrogen-bond donors (Lipinski definition) is 1. The van der Waals surface area contributed by atoms with Gasteiger partial charge >= 0.3 is 0 Å². The molecular weight excluding hydrogens is 162 g/mol. The number of nitro groups is 1. The Hall–Kier alpha value is -0.690. The standard InChI is InChI=1S/C3H7NO5S/c5-4(6)2-1-3-10(7,8)9/h1-3H2,(H,7,8,9). The van der Waals surface area contributed by atoms with Gasteiger partial charge in [0.15, 0.2) is 0 Å². The van der Waals surface area contributed by atoms with E-state index >= 15 is 0 Å². The molecule has 0 aromatic heterocycles. The molecule has 0 aliphatic rings. The Morgan fingerprint density at radius 3 is 2.30 bits per heavy atom. The first-order valence-electron chi connectivity index (χ1n) is 2.49. The summed E-state index contributed by atoms with van der Waals surface area (Å²) in [5.74, 6) is -0.548. The average molecular weight is 169 g/mol. The Morgan fingerprint density at radius 2 is 2.00 bits per heavy atom. The van der Waals surface area contributed by atoms with Crippen LogP contribution in [0.3, 0.4) is 0 Å². The fourth-order valence-corrected chi connectivity index (χ4v) is 0.870. The monoisotopic (exact) mass is 169 g/mol. The van der Waals surface area contributed by atoms with Crippen LogP contribution >= 0.6 is 0 Å². The first kappa shape index (κ1) is 9.31. The van der Waals surface area contributed by atoms with Crippen molar-refractivity contribution >= 4 is 10.1 Å². The SMILES string of the molecule is O=[N+]([O-])CCCS(=O)(=O)O. The van der Waals surface area contributed by atoms with Crippen LogP contribution in [-0.4, -0.2) is 30.2 Å². The second-order valence-electron chi connectivity index (χ2n) is 1.70. The van der Waals surface area contributed by atoms with E-state index in [0.717, 1.165) is 0 Å². The van der Waals surface area contributed by atoms with E-state index < -0.39 is 27.3 Å². The van der Waals surface area contributed by atoms with E-state index in [1.165, 1.54) is 0 Å². The molecule has 6 nitrogen and oxygen atoms in total. The lowest BCUT2D eigenvalue weighted by Crippen LogP contribution is -2.09. The van der Waals surface area contributed by atoms with Crippen molar-refractivity contribution in [3.8, 4) is 0 Å². The lowest BCUT2D eigenvalue weighted by atomic mass is 10.5. The molecular formula is C3H7NO5S. The Morgan fingerprint density at radius 1 is 1.50 bits per heavy atom. The molecule has 0 amide bonds. The van der Waals surface area contributed by atoms with Crippen molar-refractivity contribution in [2.75, 3.05) is 12.3 Å². The first-order valence-corrected chi connectivity index (χ1v) is 4.10. The molecule has 1 N–H and O–H groups in total. The molecule has 0 aliphatic carbocycles. The van der Waals surface area contributed by atoms with E-state index in [2.05, 4.69) is 0 Å². The molecule has 0 saturated carbocycles. The minimum absolute atomic E-state index is 0.147. The zero-order valence-electron chi connectivity index (χ0n) is 5.06. The van der Waals surface area contributed by atoms with E-state index in [1.54, 1.807) is 0 Å². The summed E-state index contributed by atoms with van der Waals surface area (Å²) in [5.41, 5.74) is 0. The molecule has 0 bridgehead atoms. The van der Waals surface area contributed by atoms with Crippen LogP contribution in [0, 0.1) is 10.1 Å². The number of rotatable bonds is 4. The van der Waals surface area contributed by atoms with Gasteiger partial charge in [-0.15, -0.1) is 0 Å². The van der Waals surface area contributed by atoms with Crippen molar-refractivity contribution in [3.05, 3.63) is 10.1 Å². The van der Waals surface area contributed by atoms with Crippen molar-refractivity contribution in [3.63, 3.8) is 0 Å². The van der Waals surface area contributed by atoms with Crippen LogP contribution < -0.4 is 0 Å².